The predicted octanol–water partition coefficient (Wildman–Crippen LogP) is 1.54. The first-order valence-electron chi connectivity index (χ1n) is 9.49. The summed E-state index contributed by atoms with van der Waals surface area (Å²) < 4.78 is 11.4. The minimum atomic E-state index is -0.434. The molecule has 0 saturated carbocycles. The minimum absolute atomic E-state index is 0.0383. The summed E-state index contributed by atoms with van der Waals surface area (Å²) in [5.74, 6) is -0.680. The highest BCUT2D eigenvalue weighted by Gasteiger charge is 2.40. The first kappa shape index (κ1) is 19.8. The molecule has 1 aromatic rings. The van der Waals surface area contributed by atoms with Gasteiger partial charge in [-0.1, -0.05) is 18.2 Å². The molecule has 3 rings (SSSR count). The van der Waals surface area contributed by atoms with Crippen molar-refractivity contribution in [1.29, 1.82) is 0 Å². The summed E-state index contributed by atoms with van der Waals surface area (Å²) in [5, 5.41) is 2.92. The van der Waals surface area contributed by atoms with Crippen LogP contribution in [0.25, 0.3) is 0 Å². The molecule has 2 heterocycles. The zero-order valence-corrected chi connectivity index (χ0v) is 16.4. The lowest BCUT2D eigenvalue weighted by molar-refractivity contribution is -0.186. The molecule has 7 nitrogen and oxygen atoms in total. The molecule has 7 heteroatoms. The van der Waals surface area contributed by atoms with Crippen molar-refractivity contribution in [2.24, 2.45) is 0 Å². The Kier molecular flexibility index (Phi) is 6.14. The molecule has 27 heavy (non-hydrogen) atoms. The van der Waals surface area contributed by atoms with Crippen molar-refractivity contribution in [3.05, 3.63) is 29.3 Å². The molecule has 2 saturated heterocycles. The van der Waals surface area contributed by atoms with Crippen LogP contribution >= 0.6 is 0 Å². The molecule has 2 aliphatic heterocycles. The molecule has 148 valence electrons. The standard InChI is InChI=1S/C20H29N3O4/c1-15-5-4-6-16(2)19(15)21-17(24)13-22(3)18(25)14-23-9-7-20(8-10-23)26-11-12-27-20/h4-6H,7-14H2,1-3H3,(H,21,24). The van der Waals surface area contributed by atoms with Crippen molar-refractivity contribution < 1.29 is 19.1 Å². The van der Waals surface area contributed by atoms with Crippen molar-refractivity contribution in [3.8, 4) is 0 Å². The van der Waals surface area contributed by atoms with E-state index in [0.717, 1.165) is 42.7 Å². The van der Waals surface area contributed by atoms with Gasteiger partial charge in [0.1, 0.15) is 0 Å². The fourth-order valence-electron chi connectivity index (χ4n) is 3.64. The van der Waals surface area contributed by atoms with Crippen molar-refractivity contribution in [3.63, 3.8) is 0 Å². The van der Waals surface area contributed by atoms with Crippen LogP contribution in [0, 0.1) is 13.8 Å². The molecule has 0 atom stereocenters. The first-order chi connectivity index (χ1) is 12.9. The number of hydrogen-bond acceptors (Lipinski definition) is 5. The fraction of sp³-hybridized carbons (Fsp3) is 0.600. The molecular weight excluding hydrogens is 346 g/mol. The number of likely N-dealkylation sites (tertiary alicyclic amines) is 1. The fourth-order valence-corrected chi connectivity index (χ4v) is 3.64. The zero-order chi connectivity index (χ0) is 19.4. The van der Waals surface area contributed by atoms with E-state index in [4.69, 9.17) is 9.47 Å². The van der Waals surface area contributed by atoms with Crippen molar-refractivity contribution in [1.82, 2.24) is 9.80 Å². The molecule has 0 aliphatic carbocycles. The SMILES string of the molecule is Cc1cccc(C)c1NC(=O)CN(C)C(=O)CN1CCC2(CC1)OCCO2. The van der Waals surface area contributed by atoms with Crippen LogP contribution in [-0.2, 0) is 19.1 Å². The number of likely N-dealkylation sites (N-methyl/N-ethyl adjacent to an activating group) is 1. The van der Waals surface area contributed by atoms with E-state index >= 15 is 0 Å². The molecule has 0 radical (unpaired) electrons. The number of piperidine rings is 1. The van der Waals surface area contributed by atoms with Crippen LogP contribution in [0.2, 0.25) is 0 Å². The smallest absolute Gasteiger partial charge is 0.243 e. The third-order valence-corrected chi connectivity index (χ3v) is 5.34. The van der Waals surface area contributed by atoms with Crippen LogP contribution in [0.3, 0.4) is 0 Å². The van der Waals surface area contributed by atoms with Crippen LogP contribution in [0.4, 0.5) is 5.69 Å². The average Bonchev–Trinajstić information content (AvgIpc) is 3.08. The highest BCUT2D eigenvalue weighted by molar-refractivity contribution is 5.95. The number of carbonyl (C=O) groups excluding carboxylic acids is 2. The number of ether oxygens (including phenoxy) is 2. The molecule has 2 aliphatic rings. The molecule has 2 amide bonds. The van der Waals surface area contributed by atoms with E-state index < -0.39 is 5.79 Å². The van der Waals surface area contributed by atoms with Gasteiger partial charge in [-0.3, -0.25) is 14.5 Å². The second-order valence-electron chi connectivity index (χ2n) is 7.45. The van der Waals surface area contributed by atoms with Gasteiger partial charge in [0.15, 0.2) is 5.79 Å². The number of anilines is 1. The third-order valence-electron chi connectivity index (χ3n) is 5.34. The second kappa shape index (κ2) is 8.37. The molecule has 1 spiro atoms. The molecule has 0 bridgehead atoms. The van der Waals surface area contributed by atoms with Crippen molar-refractivity contribution in [2.75, 3.05) is 51.8 Å². The van der Waals surface area contributed by atoms with Crippen LogP contribution in [0.5, 0.6) is 0 Å². The lowest BCUT2D eigenvalue weighted by Gasteiger charge is -2.37. The lowest BCUT2D eigenvalue weighted by Crippen LogP contribution is -2.49. The summed E-state index contributed by atoms with van der Waals surface area (Å²) >= 11 is 0. The third kappa shape index (κ3) is 4.86. The topological polar surface area (TPSA) is 71.1 Å². The van der Waals surface area contributed by atoms with Gasteiger partial charge < -0.3 is 19.7 Å². The number of carbonyl (C=O) groups is 2. The Balaban J connectivity index is 1.45. The predicted molar refractivity (Wildman–Crippen MR) is 102 cm³/mol. The van der Waals surface area contributed by atoms with E-state index in [1.54, 1.807) is 7.05 Å². The van der Waals surface area contributed by atoms with E-state index in [-0.39, 0.29) is 18.4 Å². The number of benzene rings is 1. The monoisotopic (exact) mass is 375 g/mol. The molecule has 1 N–H and O–H groups in total. The van der Waals surface area contributed by atoms with Gasteiger partial charge in [-0.05, 0) is 25.0 Å². The quantitative estimate of drug-likeness (QED) is 0.845. The van der Waals surface area contributed by atoms with Gasteiger partial charge in [-0.2, -0.15) is 0 Å². The van der Waals surface area contributed by atoms with E-state index in [1.807, 2.05) is 32.0 Å². The van der Waals surface area contributed by atoms with Gasteiger partial charge >= 0.3 is 0 Å². The van der Waals surface area contributed by atoms with Crippen LogP contribution < -0.4 is 5.32 Å². The number of nitrogens with one attached hydrogen (secondary N) is 1. The summed E-state index contributed by atoms with van der Waals surface area (Å²) in [6.07, 6.45) is 1.55. The number of hydrogen-bond donors (Lipinski definition) is 1. The number of amides is 2. The minimum Gasteiger partial charge on any atom is -0.347 e. The van der Waals surface area contributed by atoms with Crippen LogP contribution in [0.15, 0.2) is 18.2 Å². The Labute approximate surface area is 160 Å². The number of rotatable bonds is 5. The summed E-state index contributed by atoms with van der Waals surface area (Å²) in [5.41, 5.74) is 2.84. The number of nitrogens with zero attached hydrogens (tertiary/aromatic N) is 2. The maximum atomic E-state index is 12.5. The first-order valence-corrected chi connectivity index (χ1v) is 9.49. The van der Waals surface area contributed by atoms with Crippen molar-refractivity contribution >= 4 is 17.5 Å². The highest BCUT2D eigenvalue weighted by Crippen LogP contribution is 2.31. The van der Waals surface area contributed by atoms with Gasteiger partial charge in [0.25, 0.3) is 0 Å². The van der Waals surface area contributed by atoms with Crippen molar-refractivity contribution in [2.45, 2.75) is 32.5 Å². The molecule has 0 unspecified atom stereocenters. The normalized spacial score (nSPS) is 19.2. The Hall–Kier alpha value is -1.96. The van der Waals surface area contributed by atoms with Gasteiger partial charge in [-0.15, -0.1) is 0 Å². The summed E-state index contributed by atoms with van der Waals surface area (Å²) in [6.45, 7) is 7.08. The van der Waals surface area contributed by atoms with Gasteiger partial charge in [0, 0.05) is 38.7 Å². The molecule has 2 fully saturated rings. The van der Waals surface area contributed by atoms with Gasteiger partial charge in [0.2, 0.25) is 11.8 Å². The Morgan fingerprint density at radius 2 is 1.74 bits per heavy atom. The van der Waals surface area contributed by atoms with Crippen LogP contribution in [0.1, 0.15) is 24.0 Å². The maximum absolute atomic E-state index is 12.5. The van der Waals surface area contributed by atoms with Gasteiger partial charge in [-0.25, -0.2) is 0 Å². The Bertz CT molecular complexity index is 670. The van der Waals surface area contributed by atoms with E-state index in [0.29, 0.717) is 19.8 Å². The molecule has 1 aromatic carbocycles. The summed E-state index contributed by atoms with van der Waals surface area (Å²) in [4.78, 5) is 28.4. The van der Waals surface area contributed by atoms with E-state index in [1.165, 1.54) is 4.90 Å². The summed E-state index contributed by atoms with van der Waals surface area (Å²) in [6, 6.07) is 5.87. The maximum Gasteiger partial charge on any atom is 0.243 e. The molecular formula is C20H29N3O4. The second-order valence-corrected chi connectivity index (χ2v) is 7.45. The largest absolute Gasteiger partial charge is 0.347 e. The Morgan fingerprint density at radius 1 is 1.15 bits per heavy atom. The summed E-state index contributed by atoms with van der Waals surface area (Å²) in [7, 11) is 1.67. The van der Waals surface area contributed by atoms with E-state index in [9.17, 15) is 9.59 Å². The lowest BCUT2D eigenvalue weighted by atomic mass is 10.0. The van der Waals surface area contributed by atoms with E-state index in [2.05, 4.69) is 10.2 Å². The van der Waals surface area contributed by atoms with Gasteiger partial charge in [0.05, 0.1) is 26.3 Å². The van der Waals surface area contributed by atoms with Crippen LogP contribution in [-0.4, -0.2) is 73.8 Å². The molecule has 0 aromatic heterocycles. The highest BCUT2D eigenvalue weighted by atomic mass is 16.7. The number of aryl methyl sites for hydroxylation is 2. The zero-order valence-electron chi connectivity index (χ0n) is 16.4. The Morgan fingerprint density at radius 3 is 2.33 bits per heavy atom. The number of para-hydroxylation sites is 1. The average molecular weight is 375 g/mol.